The maximum atomic E-state index is 12.2. The fourth-order valence-electron chi connectivity index (χ4n) is 2.06. The zero-order chi connectivity index (χ0) is 22.0. The van der Waals surface area contributed by atoms with Crippen molar-refractivity contribution < 1.29 is 37.4 Å². The van der Waals surface area contributed by atoms with E-state index in [1.54, 1.807) is 20.8 Å². The number of aromatic nitrogens is 1. The quantitative estimate of drug-likeness (QED) is 0.490. The molecule has 1 heterocycles. The van der Waals surface area contributed by atoms with Gasteiger partial charge in [0.25, 0.3) is 10.0 Å². The van der Waals surface area contributed by atoms with Crippen molar-refractivity contribution in [1.82, 2.24) is 9.88 Å². The summed E-state index contributed by atoms with van der Waals surface area (Å²) in [5.41, 5.74) is -0.532. The molecule has 1 amide bonds. The molecule has 0 spiro atoms. The summed E-state index contributed by atoms with van der Waals surface area (Å²) in [5, 5.41) is 14.0. The summed E-state index contributed by atoms with van der Waals surface area (Å²) < 4.78 is 33.1. The molecular weight excluding hydrogens is 426 g/mol. The normalized spacial score (nSPS) is 11.9. The molecule has 0 radical (unpaired) electrons. The van der Waals surface area contributed by atoms with E-state index in [-0.39, 0.29) is 10.1 Å². The van der Waals surface area contributed by atoms with E-state index >= 15 is 0 Å². The Morgan fingerprint density at radius 1 is 1.24 bits per heavy atom. The summed E-state index contributed by atoms with van der Waals surface area (Å²) in [4.78, 5) is 39.8. The number of rotatable bonds is 6. The molecule has 0 unspecified atom stereocenters. The number of hydrogen-bond donors (Lipinski definition) is 2. The van der Waals surface area contributed by atoms with Crippen LogP contribution in [0.4, 0.5) is 4.79 Å². The van der Waals surface area contributed by atoms with Crippen molar-refractivity contribution in [3.63, 3.8) is 0 Å². The van der Waals surface area contributed by atoms with Crippen LogP contribution in [0.15, 0.2) is 22.5 Å². The molecule has 0 aliphatic heterocycles. The molecule has 158 valence electrons. The number of nitrogens with zero attached hydrogens (tertiary/aromatic N) is 2. The second-order valence-electron chi connectivity index (χ2n) is 6.86. The molecule has 0 aliphatic carbocycles. The fourth-order valence-corrected chi connectivity index (χ4v) is 3.75. The lowest BCUT2D eigenvalue weighted by atomic mass is 10.2. The Balaban J connectivity index is 2.14. The zero-order valence-electron chi connectivity index (χ0n) is 15.7. The van der Waals surface area contributed by atoms with Gasteiger partial charge in [0.2, 0.25) is 4.34 Å². The minimum Gasteiger partial charge on any atom is -0.480 e. The molecule has 0 atom stereocenters. The number of carboxylic acids is 1. The second kappa shape index (κ2) is 8.31. The number of primary sulfonamides is 1. The van der Waals surface area contributed by atoms with E-state index in [9.17, 15) is 22.8 Å². The Morgan fingerprint density at radius 3 is 2.45 bits per heavy atom. The van der Waals surface area contributed by atoms with Crippen LogP contribution in [0.3, 0.4) is 0 Å². The molecule has 0 saturated carbocycles. The summed E-state index contributed by atoms with van der Waals surface area (Å²) in [7, 11) is -3.97. The molecule has 11 nitrogen and oxygen atoms in total. The third-order valence-corrected chi connectivity index (χ3v) is 5.45. The number of aliphatic carboxylic acids is 1. The van der Waals surface area contributed by atoms with Crippen LogP contribution in [0.25, 0.3) is 10.2 Å². The Labute approximate surface area is 170 Å². The maximum absolute atomic E-state index is 12.2. The van der Waals surface area contributed by atoms with Gasteiger partial charge in [0, 0.05) is 6.07 Å². The van der Waals surface area contributed by atoms with Crippen molar-refractivity contribution >= 4 is 49.6 Å². The van der Waals surface area contributed by atoms with Crippen LogP contribution in [0.1, 0.15) is 20.8 Å². The number of sulfonamides is 1. The first-order valence-electron chi connectivity index (χ1n) is 8.08. The first-order valence-corrected chi connectivity index (χ1v) is 10.4. The highest BCUT2D eigenvalue weighted by Gasteiger charge is 2.26. The topological polar surface area (TPSA) is 166 Å². The zero-order valence-corrected chi connectivity index (χ0v) is 17.4. The van der Waals surface area contributed by atoms with Crippen LogP contribution in [-0.2, 0) is 24.3 Å². The molecule has 0 fully saturated rings. The van der Waals surface area contributed by atoms with E-state index in [1.165, 1.54) is 18.2 Å². The second-order valence-corrected chi connectivity index (χ2v) is 9.62. The number of hydrogen-bond acceptors (Lipinski definition) is 9. The molecule has 0 bridgehead atoms. The fraction of sp³-hybridized carbons (Fsp3) is 0.375. The molecule has 0 saturated heterocycles. The smallest absolute Gasteiger partial charge is 0.411 e. The number of fused-ring (bicyclic) bond motifs is 1. The predicted molar refractivity (Wildman–Crippen MR) is 102 cm³/mol. The van der Waals surface area contributed by atoms with Crippen LogP contribution in [0.2, 0.25) is 0 Å². The molecule has 13 heteroatoms. The van der Waals surface area contributed by atoms with Gasteiger partial charge in [-0.2, -0.15) is 0 Å². The number of carboxylic acid groups (broad SMARTS) is 1. The van der Waals surface area contributed by atoms with E-state index in [0.29, 0.717) is 15.1 Å². The van der Waals surface area contributed by atoms with Crippen LogP contribution in [-0.4, -0.2) is 60.1 Å². The van der Waals surface area contributed by atoms with Gasteiger partial charge in [0.15, 0.2) is 0 Å². The lowest BCUT2D eigenvalue weighted by Crippen LogP contribution is -2.43. The standard InChI is InChI=1S/C16H19N3O8S2/c1-16(2,3)27-15(23)19(7-12(20)21)8-13(22)26-9-4-5-10-11(6-9)28-14(18-10)29(17,24)25/h4-6H,7-8H2,1-3H3,(H,20,21)(H2,17,24,25). The number of thiazole rings is 1. The Morgan fingerprint density at radius 2 is 1.90 bits per heavy atom. The van der Waals surface area contributed by atoms with Gasteiger partial charge < -0.3 is 14.6 Å². The van der Waals surface area contributed by atoms with Crippen molar-refractivity contribution in [2.24, 2.45) is 5.14 Å². The minimum atomic E-state index is -3.97. The Kier molecular flexibility index (Phi) is 6.45. The number of ether oxygens (including phenoxy) is 2. The van der Waals surface area contributed by atoms with E-state index in [2.05, 4.69) is 4.98 Å². The van der Waals surface area contributed by atoms with Gasteiger partial charge in [-0.3, -0.25) is 9.69 Å². The highest BCUT2D eigenvalue weighted by molar-refractivity contribution is 7.91. The number of benzene rings is 1. The van der Waals surface area contributed by atoms with Gasteiger partial charge in [-0.05, 0) is 32.9 Å². The SMILES string of the molecule is CC(C)(C)OC(=O)N(CC(=O)O)CC(=O)Oc1ccc2nc(S(N)(=O)=O)sc2c1. The van der Waals surface area contributed by atoms with E-state index < -0.39 is 46.7 Å². The van der Waals surface area contributed by atoms with Gasteiger partial charge in [-0.25, -0.2) is 28.1 Å². The van der Waals surface area contributed by atoms with Crippen LogP contribution in [0, 0.1) is 0 Å². The lowest BCUT2D eigenvalue weighted by molar-refractivity contribution is -0.140. The summed E-state index contributed by atoms with van der Waals surface area (Å²) in [6.45, 7) is 3.38. The van der Waals surface area contributed by atoms with Gasteiger partial charge in [0.1, 0.15) is 24.4 Å². The maximum Gasteiger partial charge on any atom is 0.411 e. The van der Waals surface area contributed by atoms with Crippen molar-refractivity contribution in [1.29, 1.82) is 0 Å². The third-order valence-electron chi connectivity index (χ3n) is 3.11. The van der Waals surface area contributed by atoms with E-state index in [1.807, 2.05) is 0 Å². The Hall–Kier alpha value is -2.77. The molecule has 1 aromatic carbocycles. The van der Waals surface area contributed by atoms with E-state index in [0.717, 1.165) is 11.3 Å². The predicted octanol–water partition coefficient (Wildman–Crippen LogP) is 1.17. The monoisotopic (exact) mass is 445 g/mol. The van der Waals surface area contributed by atoms with Crippen LogP contribution >= 0.6 is 11.3 Å². The highest BCUT2D eigenvalue weighted by Crippen LogP contribution is 2.28. The van der Waals surface area contributed by atoms with Crippen molar-refractivity contribution in [3.8, 4) is 5.75 Å². The summed E-state index contributed by atoms with van der Waals surface area (Å²) in [6.07, 6.45) is -0.979. The highest BCUT2D eigenvalue weighted by atomic mass is 32.2. The molecule has 1 aromatic heterocycles. The summed E-state index contributed by atoms with van der Waals surface area (Å²) in [5.74, 6) is -2.18. The molecule has 2 aromatic rings. The Bertz CT molecular complexity index is 1060. The molecular formula is C16H19N3O8S2. The summed E-state index contributed by atoms with van der Waals surface area (Å²) >= 11 is 0.801. The molecule has 2 rings (SSSR count). The molecule has 0 aliphatic rings. The van der Waals surface area contributed by atoms with Gasteiger partial charge in [-0.15, -0.1) is 11.3 Å². The van der Waals surface area contributed by atoms with Crippen LogP contribution in [0.5, 0.6) is 5.75 Å². The van der Waals surface area contributed by atoms with Crippen LogP contribution < -0.4 is 9.88 Å². The first-order chi connectivity index (χ1) is 13.2. The first kappa shape index (κ1) is 22.5. The number of amides is 1. The molecule has 3 N–H and O–H groups in total. The molecule has 29 heavy (non-hydrogen) atoms. The van der Waals surface area contributed by atoms with Crippen molar-refractivity contribution in [2.45, 2.75) is 30.7 Å². The average Bonchev–Trinajstić information content (AvgIpc) is 2.95. The largest absolute Gasteiger partial charge is 0.480 e. The number of carbonyl (C=O) groups is 3. The van der Waals surface area contributed by atoms with Gasteiger partial charge >= 0.3 is 18.0 Å². The summed E-state index contributed by atoms with van der Waals surface area (Å²) in [6, 6.07) is 4.20. The number of carbonyl (C=O) groups excluding carboxylic acids is 2. The average molecular weight is 445 g/mol. The lowest BCUT2D eigenvalue weighted by Gasteiger charge is -2.25. The van der Waals surface area contributed by atoms with Crippen molar-refractivity contribution in [2.75, 3.05) is 13.1 Å². The number of nitrogens with two attached hydrogens (primary N) is 1. The van der Waals surface area contributed by atoms with E-state index in [4.69, 9.17) is 19.7 Å². The minimum absolute atomic E-state index is 0.0617. The third kappa shape index (κ3) is 6.66. The van der Waals surface area contributed by atoms with Gasteiger partial charge in [0.05, 0.1) is 10.2 Å². The number of esters is 1. The van der Waals surface area contributed by atoms with Gasteiger partial charge in [-0.1, -0.05) is 0 Å². The van der Waals surface area contributed by atoms with Crippen molar-refractivity contribution in [3.05, 3.63) is 18.2 Å².